The molecule has 1 aromatic rings. The van der Waals surface area contributed by atoms with Crippen molar-refractivity contribution in [1.82, 2.24) is 9.80 Å². The summed E-state index contributed by atoms with van der Waals surface area (Å²) >= 11 is 6.78. The second-order valence-electron chi connectivity index (χ2n) is 8.40. The van der Waals surface area contributed by atoms with Gasteiger partial charge in [0.15, 0.2) is 11.5 Å². The Labute approximate surface area is 199 Å². The molecule has 32 heavy (non-hydrogen) atoms. The number of fused-ring (bicyclic) bond motifs is 1. The van der Waals surface area contributed by atoms with Crippen LogP contribution in [0.15, 0.2) is 23.1 Å². The van der Waals surface area contributed by atoms with Crippen LogP contribution in [0.3, 0.4) is 0 Å². The normalized spacial score (nSPS) is 21.7. The van der Waals surface area contributed by atoms with E-state index in [1.54, 1.807) is 4.90 Å². The third-order valence-corrected chi connectivity index (χ3v) is 7.64. The highest BCUT2D eigenvalue weighted by atomic mass is 32.2. The minimum absolute atomic E-state index is 0.0483. The summed E-state index contributed by atoms with van der Waals surface area (Å²) in [5.41, 5.74) is 0.886. The molecular formula is C24H30N2O4S2. The van der Waals surface area contributed by atoms with Gasteiger partial charge in [-0.1, -0.05) is 43.4 Å². The highest BCUT2D eigenvalue weighted by Gasteiger charge is 2.31. The summed E-state index contributed by atoms with van der Waals surface area (Å²) in [5.74, 6) is 1.65. The van der Waals surface area contributed by atoms with E-state index < -0.39 is 0 Å². The average Bonchev–Trinajstić information content (AvgIpc) is 3.37. The molecule has 0 radical (unpaired) electrons. The molecule has 3 heterocycles. The van der Waals surface area contributed by atoms with Crippen LogP contribution in [0.4, 0.5) is 0 Å². The number of carbonyl (C=O) groups is 2. The lowest BCUT2D eigenvalue weighted by Gasteiger charge is -2.35. The van der Waals surface area contributed by atoms with E-state index in [4.69, 9.17) is 21.7 Å². The van der Waals surface area contributed by atoms with E-state index in [-0.39, 0.29) is 18.6 Å². The van der Waals surface area contributed by atoms with E-state index in [0.29, 0.717) is 34.0 Å². The van der Waals surface area contributed by atoms with Crippen LogP contribution in [0.2, 0.25) is 0 Å². The maximum atomic E-state index is 12.8. The molecule has 0 saturated carbocycles. The number of benzene rings is 1. The van der Waals surface area contributed by atoms with Crippen LogP contribution in [-0.2, 0) is 9.59 Å². The first-order valence-corrected chi connectivity index (χ1v) is 12.7. The van der Waals surface area contributed by atoms with Crippen molar-refractivity contribution < 1.29 is 19.1 Å². The first-order chi connectivity index (χ1) is 15.6. The molecule has 0 aromatic heterocycles. The number of thiocarbonyl (C=S) groups is 1. The number of thioether (sulfide) groups is 1. The smallest absolute Gasteiger partial charge is 0.266 e. The summed E-state index contributed by atoms with van der Waals surface area (Å²) in [6.45, 7) is 3.89. The van der Waals surface area contributed by atoms with Gasteiger partial charge in [0.1, 0.15) is 4.32 Å². The Balaban J connectivity index is 1.23. The zero-order valence-electron chi connectivity index (χ0n) is 18.5. The van der Waals surface area contributed by atoms with Crippen molar-refractivity contribution in [2.75, 3.05) is 19.9 Å². The van der Waals surface area contributed by atoms with Crippen LogP contribution in [0.5, 0.6) is 11.5 Å². The van der Waals surface area contributed by atoms with Crippen LogP contribution in [0.1, 0.15) is 63.9 Å². The molecule has 0 unspecified atom stereocenters. The van der Waals surface area contributed by atoms with Crippen molar-refractivity contribution in [3.63, 3.8) is 0 Å². The first kappa shape index (κ1) is 23.1. The van der Waals surface area contributed by atoms with Gasteiger partial charge in [0.2, 0.25) is 12.7 Å². The molecule has 8 heteroatoms. The van der Waals surface area contributed by atoms with Crippen LogP contribution in [-0.4, -0.2) is 51.9 Å². The van der Waals surface area contributed by atoms with Crippen molar-refractivity contribution in [2.24, 2.45) is 0 Å². The topological polar surface area (TPSA) is 59.1 Å². The molecule has 3 aliphatic heterocycles. The van der Waals surface area contributed by atoms with Crippen molar-refractivity contribution >= 4 is 46.2 Å². The summed E-state index contributed by atoms with van der Waals surface area (Å²) in [4.78, 5) is 29.8. The highest BCUT2D eigenvalue weighted by Crippen LogP contribution is 2.36. The van der Waals surface area contributed by atoms with E-state index in [1.807, 2.05) is 24.3 Å². The van der Waals surface area contributed by atoms with Crippen LogP contribution < -0.4 is 9.47 Å². The standard InChI is InChI=1S/C24H30N2O4S2/c1-2-18-8-5-7-12-25(18)22(27)9-4-3-6-13-26-23(28)21(32-24(26)31)15-17-10-11-19-20(14-17)30-16-29-19/h10-11,14-15,18H,2-9,12-13,16H2,1H3/b21-15+/t18-/m1/s1. The summed E-state index contributed by atoms with van der Waals surface area (Å²) < 4.78 is 11.3. The predicted molar refractivity (Wildman–Crippen MR) is 131 cm³/mol. The molecule has 2 saturated heterocycles. The van der Waals surface area contributed by atoms with Gasteiger partial charge in [-0.25, -0.2) is 0 Å². The highest BCUT2D eigenvalue weighted by molar-refractivity contribution is 8.26. The third kappa shape index (κ3) is 5.29. The molecule has 0 N–H and O–H groups in total. The van der Waals surface area contributed by atoms with Crippen molar-refractivity contribution in [2.45, 2.75) is 64.3 Å². The summed E-state index contributed by atoms with van der Waals surface area (Å²) in [5, 5.41) is 0. The predicted octanol–water partition coefficient (Wildman–Crippen LogP) is 4.97. The number of ether oxygens (including phenoxy) is 2. The Morgan fingerprint density at radius 3 is 2.91 bits per heavy atom. The van der Waals surface area contributed by atoms with E-state index in [0.717, 1.165) is 56.4 Å². The molecule has 2 fully saturated rings. The zero-order valence-corrected chi connectivity index (χ0v) is 20.1. The lowest BCUT2D eigenvalue weighted by molar-refractivity contribution is -0.135. The Kier molecular flexibility index (Phi) is 7.73. The molecule has 0 aliphatic carbocycles. The van der Waals surface area contributed by atoms with Crippen LogP contribution in [0.25, 0.3) is 6.08 Å². The van der Waals surface area contributed by atoms with Gasteiger partial charge < -0.3 is 14.4 Å². The lowest BCUT2D eigenvalue weighted by Crippen LogP contribution is -2.43. The summed E-state index contributed by atoms with van der Waals surface area (Å²) in [6, 6.07) is 6.05. The fraction of sp³-hybridized carbons (Fsp3) is 0.542. The molecule has 6 nitrogen and oxygen atoms in total. The van der Waals surface area contributed by atoms with Gasteiger partial charge in [-0.3, -0.25) is 14.5 Å². The van der Waals surface area contributed by atoms with Gasteiger partial charge in [-0.15, -0.1) is 0 Å². The quantitative estimate of drug-likeness (QED) is 0.301. The lowest BCUT2D eigenvalue weighted by atomic mass is 9.99. The maximum Gasteiger partial charge on any atom is 0.266 e. The number of hydrogen-bond acceptors (Lipinski definition) is 6. The maximum absolute atomic E-state index is 12.8. The van der Waals surface area contributed by atoms with Gasteiger partial charge in [0.05, 0.1) is 4.91 Å². The van der Waals surface area contributed by atoms with E-state index in [9.17, 15) is 9.59 Å². The number of amides is 2. The number of unbranched alkanes of at least 4 members (excludes halogenated alkanes) is 2. The zero-order chi connectivity index (χ0) is 22.5. The number of hydrogen-bond donors (Lipinski definition) is 0. The van der Waals surface area contributed by atoms with Crippen LogP contribution >= 0.6 is 24.0 Å². The molecule has 1 aromatic carbocycles. The van der Waals surface area contributed by atoms with Gasteiger partial charge >= 0.3 is 0 Å². The number of likely N-dealkylation sites (tertiary alicyclic amines) is 1. The molecular weight excluding hydrogens is 444 g/mol. The molecule has 2 amide bonds. The Morgan fingerprint density at radius 2 is 2.06 bits per heavy atom. The van der Waals surface area contributed by atoms with Crippen molar-refractivity contribution in [1.29, 1.82) is 0 Å². The summed E-state index contributed by atoms with van der Waals surface area (Å²) in [7, 11) is 0. The Morgan fingerprint density at radius 1 is 1.22 bits per heavy atom. The number of nitrogens with zero attached hydrogens (tertiary/aromatic N) is 2. The summed E-state index contributed by atoms with van der Waals surface area (Å²) in [6.07, 6.45) is 9.58. The van der Waals surface area contributed by atoms with Gasteiger partial charge in [-0.05, 0) is 62.3 Å². The minimum Gasteiger partial charge on any atom is -0.454 e. The Bertz CT molecular complexity index is 917. The van der Waals surface area contributed by atoms with E-state index >= 15 is 0 Å². The second kappa shape index (κ2) is 10.7. The average molecular weight is 475 g/mol. The van der Waals surface area contributed by atoms with Crippen molar-refractivity contribution in [3.05, 3.63) is 28.7 Å². The van der Waals surface area contributed by atoms with E-state index in [2.05, 4.69) is 11.8 Å². The van der Waals surface area contributed by atoms with Gasteiger partial charge in [-0.2, -0.15) is 0 Å². The number of rotatable bonds is 8. The fourth-order valence-corrected chi connectivity index (χ4v) is 5.78. The molecule has 0 bridgehead atoms. The first-order valence-electron chi connectivity index (χ1n) is 11.5. The second-order valence-corrected chi connectivity index (χ2v) is 10.1. The number of carbonyl (C=O) groups excluding carboxylic acids is 2. The van der Waals surface area contributed by atoms with Gasteiger partial charge in [0.25, 0.3) is 5.91 Å². The van der Waals surface area contributed by atoms with Crippen molar-refractivity contribution in [3.8, 4) is 11.5 Å². The molecule has 1 atom stereocenters. The molecule has 4 rings (SSSR count). The van der Waals surface area contributed by atoms with Gasteiger partial charge in [0, 0.05) is 25.6 Å². The SMILES string of the molecule is CC[C@@H]1CCCCN1C(=O)CCCCCN1C(=O)/C(=C\c2ccc3c(c2)OCO3)SC1=S. The largest absolute Gasteiger partial charge is 0.454 e. The van der Waals surface area contributed by atoms with Crippen LogP contribution in [0, 0.1) is 0 Å². The minimum atomic E-state index is -0.0483. The molecule has 3 aliphatic rings. The molecule has 0 spiro atoms. The fourth-order valence-electron chi connectivity index (χ4n) is 4.47. The third-order valence-electron chi connectivity index (χ3n) is 6.26. The monoisotopic (exact) mass is 474 g/mol. The number of piperidine rings is 1. The Hall–Kier alpha value is -2.06. The van der Waals surface area contributed by atoms with E-state index in [1.165, 1.54) is 18.2 Å². The molecule has 172 valence electrons.